The number of nitrogens with zero attached hydrogens (tertiary/aromatic N) is 2. The number of aromatic nitrogens is 2. The van der Waals surface area contributed by atoms with Gasteiger partial charge < -0.3 is 19.9 Å². The van der Waals surface area contributed by atoms with Gasteiger partial charge in [-0.3, -0.25) is 4.79 Å². The van der Waals surface area contributed by atoms with Crippen molar-refractivity contribution in [1.82, 2.24) is 10.3 Å². The molecule has 4 rings (SSSR count). The SMILES string of the molecule is CN(C)c1cc[n+](CCCCOc2ccc(C(=O)NCCc3c[nH]c4ccccc34)cc2)cc1. The molecule has 0 unspecified atom stereocenters. The fourth-order valence-corrected chi connectivity index (χ4v) is 3.94. The summed E-state index contributed by atoms with van der Waals surface area (Å²) in [6.45, 7) is 2.22. The lowest BCUT2D eigenvalue weighted by molar-refractivity contribution is -0.697. The zero-order valence-electron chi connectivity index (χ0n) is 20.0. The number of nitrogens with one attached hydrogen (secondary N) is 2. The molecule has 0 saturated carbocycles. The van der Waals surface area contributed by atoms with Crippen LogP contribution in [0, 0.1) is 0 Å². The molecule has 0 aliphatic heterocycles. The van der Waals surface area contributed by atoms with Crippen molar-refractivity contribution in [2.45, 2.75) is 25.8 Å². The van der Waals surface area contributed by atoms with E-state index < -0.39 is 0 Å². The molecule has 2 heterocycles. The molecule has 0 aliphatic rings. The number of amides is 1. The lowest BCUT2D eigenvalue weighted by atomic mass is 10.1. The molecule has 0 saturated heterocycles. The maximum absolute atomic E-state index is 12.5. The van der Waals surface area contributed by atoms with Crippen molar-refractivity contribution in [3.63, 3.8) is 0 Å². The molecule has 2 aromatic carbocycles. The summed E-state index contributed by atoms with van der Waals surface area (Å²) < 4.78 is 8.04. The van der Waals surface area contributed by atoms with Crippen molar-refractivity contribution in [2.24, 2.45) is 0 Å². The number of rotatable bonds is 11. The number of pyridine rings is 1. The molecule has 0 radical (unpaired) electrons. The van der Waals surface area contributed by atoms with E-state index in [1.807, 2.05) is 56.7 Å². The number of anilines is 1. The van der Waals surface area contributed by atoms with Gasteiger partial charge in [0.1, 0.15) is 12.3 Å². The summed E-state index contributed by atoms with van der Waals surface area (Å²) in [5, 5.41) is 4.22. The van der Waals surface area contributed by atoms with Crippen LogP contribution in [0.3, 0.4) is 0 Å². The van der Waals surface area contributed by atoms with Gasteiger partial charge in [-0.25, -0.2) is 4.57 Å². The summed E-state index contributed by atoms with van der Waals surface area (Å²) in [5.41, 5.74) is 4.18. The number of aryl methyl sites for hydroxylation is 1. The summed E-state index contributed by atoms with van der Waals surface area (Å²) in [7, 11) is 4.09. The zero-order valence-corrected chi connectivity index (χ0v) is 20.0. The van der Waals surface area contributed by atoms with Crippen molar-refractivity contribution in [3.05, 3.63) is 90.4 Å². The molecule has 2 aromatic heterocycles. The molecule has 4 aromatic rings. The fraction of sp³-hybridized carbons (Fsp3) is 0.286. The Labute approximate surface area is 201 Å². The molecular formula is C28H33N4O2+. The quantitative estimate of drug-likeness (QED) is 0.260. The first-order valence-electron chi connectivity index (χ1n) is 11.8. The standard InChI is InChI=1S/C28H32N4O2/c1-31(2)24-14-18-32(19-15-24)17-5-6-20-34-25-11-9-22(10-12-25)28(33)29-16-13-23-21-30-27-8-4-3-7-26(23)27/h3-4,7-12,14-15,18-19,21,30H,5-6,13,16-17,20H2,1-2H3/p+1. The number of aromatic amines is 1. The van der Waals surface area contributed by atoms with Gasteiger partial charge in [0, 0.05) is 67.5 Å². The van der Waals surface area contributed by atoms with Crippen LogP contribution in [0.2, 0.25) is 0 Å². The largest absolute Gasteiger partial charge is 0.494 e. The lowest BCUT2D eigenvalue weighted by Gasteiger charge is -2.10. The van der Waals surface area contributed by atoms with Crippen LogP contribution < -0.4 is 19.5 Å². The highest BCUT2D eigenvalue weighted by Gasteiger charge is 2.08. The number of fused-ring (bicyclic) bond motifs is 1. The summed E-state index contributed by atoms with van der Waals surface area (Å²) in [6.07, 6.45) is 9.04. The van der Waals surface area contributed by atoms with Crippen molar-refractivity contribution in [1.29, 1.82) is 0 Å². The van der Waals surface area contributed by atoms with Crippen molar-refractivity contribution in [2.75, 3.05) is 32.1 Å². The second kappa shape index (κ2) is 11.4. The minimum Gasteiger partial charge on any atom is -0.494 e. The third kappa shape index (κ3) is 6.16. The minimum absolute atomic E-state index is 0.0660. The molecule has 0 atom stereocenters. The molecule has 0 spiro atoms. The summed E-state index contributed by atoms with van der Waals surface area (Å²) in [6, 6.07) is 19.8. The van der Waals surface area contributed by atoms with Crippen molar-refractivity contribution in [3.8, 4) is 5.75 Å². The first kappa shape index (κ1) is 23.4. The Bertz CT molecular complexity index is 1200. The van der Waals surface area contributed by atoms with E-state index in [0.717, 1.165) is 37.1 Å². The van der Waals surface area contributed by atoms with Gasteiger partial charge in [0.15, 0.2) is 12.4 Å². The molecular weight excluding hydrogens is 424 g/mol. The molecule has 2 N–H and O–H groups in total. The first-order chi connectivity index (χ1) is 16.6. The van der Waals surface area contributed by atoms with E-state index in [0.29, 0.717) is 18.7 Å². The van der Waals surface area contributed by atoms with Crippen LogP contribution in [0.15, 0.2) is 79.3 Å². The Hall–Kier alpha value is -3.80. The van der Waals surface area contributed by atoms with Crippen LogP contribution in [0.4, 0.5) is 5.69 Å². The van der Waals surface area contributed by atoms with E-state index in [4.69, 9.17) is 4.74 Å². The zero-order chi connectivity index (χ0) is 23.8. The summed E-state index contributed by atoms with van der Waals surface area (Å²) in [4.78, 5) is 17.8. The molecule has 1 amide bonds. The third-order valence-electron chi connectivity index (χ3n) is 5.94. The monoisotopic (exact) mass is 457 g/mol. The predicted molar refractivity (Wildman–Crippen MR) is 136 cm³/mol. The van der Waals surface area contributed by atoms with Gasteiger partial charge >= 0.3 is 0 Å². The molecule has 34 heavy (non-hydrogen) atoms. The second-order valence-electron chi connectivity index (χ2n) is 8.63. The molecule has 6 heteroatoms. The number of carbonyl (C=O) groups excluding carboxylic acids is 1. The van der Waals surface area contributed by atoms with Crippen LogP contribution in [-0.4, -0.2) is 38.1 Å². The number of hydrogen-bond acceptors (Lipinski definition) is 3. The number of benzene rings is 2. The Balaban J connectivity index is 1.15. The van der Waals surface area contributed by atoms with Gasteiger partial charge in [-0.1, -0.05) is 18.2 Å². The first-order valence-corrected chi connectivity index (χ1v) is 11.8. The molecule has 176 valence electrons. The maximum atomic E-state index is 12.5. The highest BCUT2D eigenvalue weighted by Crippen LogP contribution is 2.18. The predicted octanol–water partition coefficient (Wildman–Crippen LogP) is 4.35. The molecule has 0 bridgehead atoms. The highest BCUT2D eigenvalue weighted by molar-refractivity contribution is 5.94. The molecule has 0 aliphatic carbocycles. The number of hydrogen-bond donors (Lipinski definition) is 2. The van der Waals surface area contributed by atoms with Gasteiger partial charge in [-0.05, 0) is 48.7 Å². The molecule has 0 fully saturated rings. The van der Waals surface area contributed by atoms with Crippen LogP contribution in [0.1, 0.15) is 28.8 Å². The number of carbonyl (C=O) groups is 1. The molecule has 6 nitrogen and oxygen atoms in total. The maximum Gasteiger partial charge on any atom is 0.251 e. The smallest absolute Gasteiger partial charge is 0.251 e. The Morgan fingerprint density at radius 1 is 1.00 bits per heavy atom. The number of ether oxygens (including phenoxy) is 1. The van der Waals surface area contributed by atoms with Crippen LogP contribution >= 0.6 is 0 Å². The third-order valence-corrected chi connectivity index (χ3v) is 5.94. The van der Waals surface area contributed by atoms with Gasteiger partial charge in [0.2, 0.25) is 0 Å². The van der Waals surface area contributed by atoms with Crippen LogP contribution in [0.5, 0.6) is 5.75 Å². The number of H-pyrrole nitrogens is 1. The van der Waals surface area contributed by atoms with E-state index in [1.54, 1.807) is 0 Å². The van der Waals surface area contributed by atoms with E-state index >= 15 is 0 Å². The Kier molecular flexibility index (Phi) is 7.81. The number of unbranched alkanes of at least 4 members (excludes halogenated alkanes) is 1. The summed E-state index contributed by atoms with van der Waals surface area (Å²) in [5.74, 6) is 0.724. The topological polar surface area (TPSA) is 61.2 Å². The second-order valence-corrected chi connectivity index (χ2v) is 8.63. The average molecular weight is 458 g/mol. The van der Waals surface area contributed by atoms with E-state index in [1.165, 1.54) is 16.6 Å². The normalized spacial score (nSPS) is 10.9. The highest BCUT2D eigenvalue weighted by atomic mass is 16.5. The van der Waals surface area contributed by atoms with E-state index in [2.05, 4.69) is 56.4 Å². The summed E-state index contributed by atoms with van der Waals surface area (Å²) >= 11 is 0. The van der Waals surface area contributed by atoms with Crippen molar-refractivity contribution >= 4 is 22.5 Å². The van der Waals surface area contributed by atoms with Crippen molar-refractivity contribution < 1.29 is 14.1 Å². The fourth-order valence-electron chi connectivity index (χ4n) is 3.94. The average Bonchev–Trinajstić information content (AvgIpc) is 3.27. The lowest BCUT2D eigenvalue weighted by Crippen LogP contribution is -2.33. The van der Waals surface area contributed by atoms with Gasteiger partial charge in [-0.2, -0.15) is 0 Å². The van der Waals surface area contributed by atoms with Gasteiger partial charge in [0.25, 0.3) is 5.91 Å². The van der Waals surface area contributed by atoms with Gasteiger partial charge in [-0.15, -0.1) is 0 Å². The van der Waals surface area contributed by atoms with Crippen LogP contribution in [-0.2, 0) is 13.0 Å². The Morgan fingerprint density at radius 2 is 1.76 bits per heavy atom. The van der Waals surface area contributed by atoms with E-state index in [9.17, 15) is 4.79 Å². The van der Waals surface area contributed by atoms with E-state index in [-0.39, 0.29) is 5.91 Å². The minimum atomic E-state index is -0.0660. The van der Waals surface area contributed by atoms with Crippen LogP contribution in [0.25, 0.3) is 10.9 Å². The Morgan fingerprint density at radius 3 is 2.53 bits per heavy atom. The number of para-hydroxylation sites is 1. The van der Waals surface area contributed by atoms with Gasteiger partial charge in [0.05, 0.1) is 6.61 Å².